The number of ketones is 1. The van der Waals surface area contributed by atoms with Gasteiger partial charge in [0.15, 0.2) is 12.1 Å². The number of rotatable bonds is 20. The molecule has 0 bridgehead atoms. The van der Waals surface area contributed by atoms with Gasteiger partial charge in [-0.2, -0.15) is 11.8 Å². The minimum Gasteiger partial charge on any atom is -0.394 e. The van der Waals surface area contributed by atoms with Gasteiger partial charge in [-0.1, -0.05) is 48.9 Å². The third kappa shape index (κ3) is 11.7. The Morgan fingerprint density at radius 1 is 0.855 bits per heavy atom. The van der Waals surface area contributed by atoms with Gasteiger partial charge < -0.3 is 56.5 Å². The van der Waals surface area contributed by atoms with Crippen LogP contribution in [-0.2, 0) is 19.1 Å². The lowest BCUT2D eigenvalue weighted by molar-refractivity contribution is -0.300. The number of benzene rings is 2. The maximum atomic E-state index is 13.3. The van der Waals surface area contributed by atoms with Crippen molar-refractivity contribution in [3.05, 3.63) is 71.3 Å². The van der Waals surface area contributed by atoms with Crippen LogP contribution in [0.4, 0.5) is 4.79 Å². The van der Waals surface area contributed by atoms with Crippen molar-refractivity contribution < 1.29 is 53.9 Å². The molecule has 9 N–H and O–H groups in total. The second kappa shape index (κ2) is 20.7. The zero-order valence-electron chi connectivity index (χ0n) is 30.4. The highest BCUT2D eigenvalue weighted by Crippen LogP contribution is 2.33. The molecule has 3 fully saturated rings. The number of nitrogens with one attached hydrogen (secondary N) is 5. The second-order valence-electron chi connectivity index (χ2n) is 13.9. The fourth-order valence-electron chi connectivity index (χ4n) is 6.78. The normalized spacial score (nSPS) is 26.3. The Labute approximate surface area is 323 Å². The van der Waals surface area contributed by atoms with Crippen molar-refractivity contribution in [3.8, 4) is 0 Å². The van der Waals surface area contributed by atoms with E-state index in [9.17, 15) is 44.4 Å². The molecule has 5 amide bonds. The summed E-state index contributed by atoms with van der Waals surface area (Å²) in [5.41, 5.74) is 1.16. The fourth-order valence-corrected chi connectivity index (χ4v) is 8.32. The minimum atomic E-state index is -1.61. The van der Waals surface area contributed by atoms with Gasteiger partial charge in [0.1, 0.15) is 30.5 Å². The summed E-state index contributed by atoms with van der Waals surface area (Å²) >= 11 is 1.85. The van der Waals surface area contributed by atoms with Crippen LogP contribution in [-0.4, -0.2) is 136 Å². The van der Waals surface area contributed by atoms with Gasteiger partial charge in [0.2, 0.25) is 11.8 Å². The summed E-state index contributed by atoms with van der Waals surface area (Å²) in [6.07, 6.45) is -3.02. The van der Waals surface area contributed by atoms with Gasteiger partial charge in [0.25, 0.3) is 5.91 Å². The van der Waals surface area contributed by atoms with Gasteiger partial charge in [0.05, 0.1) is 25.3 Å². The van der Waals surface area contributed by atoms with E-state index in [1.807, 2.05) is 17.8 Å². The Morgan fingerprint density at radius 2 is 1.58 bits per heavy atom. The number of aliphatic hydroxyl groups excluding tert-OH is 4. The smallest absolute Gasteiger partial charge is 0.315 e. The lowest BCUT2D eigenvalue weighted by Crippen LogP contribution is -2.59. The quantitative estimate of drug-likeness (QED) is 0.0488. The van der Waals surface area contributed by atoms with E-state index < -0.39 is 55.2 Å². The Balaban J connectivity index is 1.07. The molecule has 3 aliphatic heterocycles. The highest BCUT2D eigenvalue weighted by atomic mass is 32.2. The Hall–Kier alpha value is -4.10. The van der Waals surface area contributed by atoms with Crippen LogP contribution in [0.3, 0.4) is 0 Å². The number of urea groups is 1. The summed E-state index contributed by atoms with van der Waals surface area (Å²) in [6, 6.07) is 14.1. The predicted octanol–water partition coefficient (Wildman–Crippen LogP) is -0.0390. The number of ether oxygens (including phenoxy) is 2. The lowest BCUT2D eigenvalue weighted by atomic mass is 9.99. The number of aliphatic hydroxyl groups is 4. The molecular formula is C38H51N5O11S. The summed E-state index contributed by atoms with van der Waals surface area (Å²) in [6.45, 7) is -0.434. The third-order valence-electron chi connectivity index (χ3n) is 9.92. The zero-order valence-corrected chi connectivity index (χ0v) is 31.2. The van der Waals surface area contributed by atoms with E-state index in [2.05, 4.69) is 26.6 Å². The molecule has 0 aromatic heterocycles. The first kappa shape index (κ1) is 42.1. The first-order chi connectivity index (χ1) is 26.5. The fraction of sp³-hybridized carbons (Fsp3) is 0.553. The molecule has 3 heterocycles. The molecule has 16 nitrogen and oxygen atoms in total. The van der Waals surface area contributed by atoms with E-state index >= 15 is 0 Å². The van der Waals surface area contributed by atoms with Crippen LogP contribution in [0, 0.1) is 0 Å². The SMILES string of the molecule is O=C(CCCC[C@H]1SCC2NC(=O)NC21)NCCCCC(NC(=O)c1ccc(C(=O)c2ccccc2)cc1)C(=O)NCCO[C@H]1O[C@H](CO)[C@@H](O)[C@H](O)[C@@H]1O. The summed E-state index contributed by atoms with van der Waals surface area (Å²) in [5, 5.41) is 54.2. The van der Waals surface area contributed by atoms with Crippen molar-refractivity contribution in [2.45, 2.75) is 99.0 Å². The van der Waals surface area contributed by atoms with Crippen LogP contribution < -0.4 is 26.6 Å². The average molecular weight is 786 g/mol. The highest BCUT2D eigenvalue weighted by molar-refractivity contribution is 8.00. The van der Waals surface area contributed by atoms with E-state index in [0.29, 0.717) is 42.2 Å². The van der Waals surface area contributed by atoms with Crippen LogP contribution in [0.25, 0.3) is 0 Å². The standard InChI is InChI=1S/C38H51N5O11S/c44-20-27-32(47)33(48)34(49)37(54-27)53-19-18-40-36(51)25(41-35(50)24-15-13-23(14-16-24)31(46)22-8-2-1-3-9-22)10-6-7-17-39-29(45)12-5-4-11-28-30-26(21-55-28)42-38(52)43-30/h1-3,8-9,13-16,25-28,30,32-34,37,44,47-49H,4-7,10-12,17-21H2,(H,39,45)(H,40,51)(H,41,50)(H2,42,43,52)/t25?,26?,27-,28-,30?,32-,33+,34+,37+/m1/s1. The van der Waals surface area contributed by atoms with E-state index in [0.717, 1.165) is 25.0 Å². The number of carbonyl (C=O) groups is 5. The zero-order chi connectivity index (χ0) is 39.3. The number of carbonyl (C=O) groups excluding carboxylic acids is 5. The molecule has 3 unspecified atom stereocenters. The Bertz CT molecular complexity index is 1600. The van der Waals surface area contributed by atoms with Gasteiger partial charge in [-0.3, -0.25) is 19.2 Å². The topological polar surface area (TPSA) is 245 Å². The van der Waals surface area contributed by atoms with Crippen molar-refractivity contribution in [1.82, 2.24) is 26.6 Å². The molecule has 9 atom stereocenters. The molecule has 55 heavy (non-hydrogen) atoms. The van der Waals surface area contributed by atoms with Crippen molar-refractivity contribution in [2.75, 3.05) is 32.1 Å². The number of fused-ring (bicyclic) bond motifs is 1. The average Bonchev–Trinajstić information content (AvgIpc) is 3.76. The lowest BCUT2D eigenvalue weighted by Gasteiger charge is -2.39. The first-order valence-electron chi connectivity index (χ1n) is 18.7. The summed E-state index contributed by atoms with van der Waals surface area (Å²) in [4.78, 5) is 63.4. The van der Waals surface area contributed by atoms with Crippen LogP contribution in [0.15, 0.2) is 54.6 Å². The minimum absolute atomic E-state index is 0.0568. The molecule has 0 saturated carbocycles. The largest absolute Gasteiger partial charge is 0.394 e. The van der Waals surface area contributed by atoms with E-state index in [1.165, 1.54) is 12.1 Å². The number of hydrogen-bond donors (Lipinski definition) is 9. The Morgan fingerprint density at radius 3 is 2.33 bits per heavy atom. The monoisotopic (exact) mass is 785 g/mol. The van der Waals surface area contributed by atoms with Crippen molar-refractivity contribution >= 4 is 41.3 Å². The second-order valence-corrected chi connectivity index (χ2v) is 15.1. The van der Waals surface area contributed by atoms with E-state index in [4.69, 9.17) is 9.47 Å². The molecule has 5 rings (SSSR count). The summed E-state index contributed by atoms with van der Waals surface area (Å²) in [5.74, 6) is -0.398. The molecule has 3 aliphatic rings. The molecule has 0 radical (unpaired) electrons. The van der Waals surface area contributed by atoms with Gasteiger partial charge >= 0.3 is 6.03 Å². The van der Waals surface area contributed by atoms with E-state index in [-0.39, 0.29) is 54.9 Å². The maximum absolute atomic E-state index is 13.3. The molecule has 3 saturated heterocycles. The van der Waals surface area contributed by atoms with Crippen LogP contribution in [0.2, 0.25) is 0 Å². The number of thioether (sulfide) groups is 1. The Kier molecular flexibility index (Phi) is 15.8. The highest BCUT2D eigenvalue weighted by Gasteiger charge is 2.44. The van der Waals surface area contributed by atoms with Gasteiger partial charge in [-0.25, -0.2) is 4.79 Å². The van der Waals surface area contributed by atoms with Crippen molar-refractivity contribution in [3.63, 3.8) is 0 Å². The summed E-state index contributed by atoms with van der Waals surface area (Å²) < 4.78 is 10.8. The molecule has 0 aliphatic carbocycles. The molecular weight excluding hydrogens is 735 g/mol. The van der Waals surface area contributed by atoms with Crippen LogP contribution in [0.5, 0.6) is 0 Å². The van der Waals surface area contributed by atoms with E-state index in [1.54, 1.807) is 36.4 Å². The van der Waals surface area contributed by atoms with Crippen LogP contribution in [0.1, 0.15) is 71.2 Å². The third-order valence-corrected chi connectivity index (χ3v) is 11.4. The molecule has 2 aromatic rings. The summed E-state index contributed by atoms with van der Waals surface area (Å²) in [7, 11) is 0. The van der Waals surface area contributed by atoms with Gasteiger partial charge in [0, 0.05) is 47.2 Å². The molecule has 17 heteroatoms. The van der Waals surface area contributed by atoms with Gasteiger partial charge in [-0.05, 0) is 44.2 Å². The van der Waals surface area contributed by atoms with Crippen molar-refractivity contribution in [1.29, 1.82) is 0 Å². The van der Waals surface area contributed by atoms with Gasteiger partial charge in [-0.15, -0.1) is 0 Å². The van der Waals surface area contributed by atoms with Crippen molar-refractivity contribution in [2.24, 2.45) is 0 Å². The number of hydrogen-bond acceptors (Lipinski definition) is 12. The maximum Gasteiger partial charge on any atom is 0.315 e. The number of amides is 5. The number of unbranched alkanes of at least 4 members (excludes halogenated alkanes) is 2. The molecule has 2 aromatic carbocycles. The molecule has 300 valence electrons. The first-order valence-corrected chi connectivity index (χ1v) is 19.8. The molecule has 0 spiro atoms. The van der Waals surface area contributed by atoms with Crippen LogP contribution >= 0.6 is 11.8 Å². The predicted molar refractivity (Wildman–Crippen MR) is 201 cm³/mol.